The number of hydrogen-bond donors (Lipinski definition) is 3. The van der Waals surface area contributed by atoms with Gasteiger partial charge in [0.25, 0.3) is 0 Å². The lowest BCUT2D eigenvalue weighted by atomic mass is 10.0. The predicted octanol–water partition coefficient (Wildman–Crippen LogP) is 22.8. The first-order valence-electron chi connectivity index (χ1n) is 35.4. The van der Waals surface area contributed by atoms with Crippen molar-refractivity contribution in [2.45, 2.75) is 418 Å². The Morgan fingerprint density at radius 1 is 0.351 bits per heavy atom. The number of aliphatic hydroxyl groups is 2. The molecule has 0 aliphatic carbocycles. The molecular weight excluding hydrogens is 947 g/mol. The highest BCUT2D eigenvalue weighted by molar-refractivity contribution is 5.76. The maximum atomic E-state index is 12.5. The van der Waals surface area contributed by atoms with Crippen LogP contribution in [0, 0.1) is 0 Å². The zero-order valence-corrected chi connectivity index (χ0v) is 52.5. The minimum absolute atomic E-state index is 0.0160. The van der Waals surface area contributed by atoms with Gasteiger partial charge in [-0.1, -0.05) is 353 Å². The number of ether oxygens (including phenoxy) is 1. The Morgan fingerprint density at radius 2 is 0.610 bits per heavy atom. The molecule has 1 amide bonds. The number of carbonyl (C=O) groups is 2. The van der Waals surface area contributed by atoms with E-state index in [9.17, 15) is 19.8 Å². The molecule has 0 spiro atoms. The molecule has 0 saturated heterocycles. The molecule has 2 unspecified atom stereocenters. The van der Waals surface area contributed by atoms with Gasteiger partial charge in [0.05, 0.1) is 25.4 Å². The molecule has 0 heterocycles. The normalized spacial score (nSPS) is 12.5. The maximum absolute atomic E-state index is 12.5. The molecule has 0 saturated carbocycles. The lowest BCUT2D eigenvalue weighted by Gasteiger charge is -2.22. The van der Waals surface area contributed by atoms with Gasteiger partial charge >= 0.3 is 5.97 Å². The highest BCUT2D eigenvalue weighted by atomic mass is 16.5. The highest BCUT2D eigenvalue weighted by Crippen LogP contribution is 2.19. The fraction of sp³-hybridized carbons (Fsp3) is 0.944. The predicted molar refractivity (Wildman–Crippen MR) is 338 cm³/mol. The van der Waals surface area contributed by atoms with Crippen LogP contribution in [0.3, 0.4) is 0 Å². The molecule has 3 N–H and O–H groups in total. The summed E-state index contributed by atoms with van der Waals surface area (Å²) in [5.74, 6) is -0.0216. The summed E-state index contributed by atoms with van der Waals surface area (Å²) in [6.45, 7) is 5.00. The van der Waals surface area contributed by atoms with Crippen LogP contribution in [0.1, 0.15) is 406 Å². The lowest BCUT2D eigenvalue weighted by molar-refractivity contribution is -0.143. The second-order valence-corrected chi connectivity index (χ2v) is 24.6. The van der Waals surface area contributed by atoms with Crippen molar-refractivity contribution in [1.82, 2.24) is 5.32 Å². The van der Waals surface area contributed by atoms with Crippen LogP contribution >= 0.6 is 0 Å². The van der Waals surface area contributed by atoms with E-state index in [2.05, 4.69) is 31.3 Å². The topological polar surface area (TPSA) is 95.9 Å². The first kappa shape index (κ1) is 75.6. The van der Waals surface area contributed by atoms with E-state index in [1.165, 1.54) is 334 Å². The number of rotatable bonds is 67. The summed E-state index contributed by atoms with van der Waals surface area (Å²) >= 11 is 0. The Balaban J connectivity index is 3.38. The molecule has 0 aliphatic rings. The first-order valence-corrected chi connectivity index (χ1v) is 35.4. The molecular formula is C71H139NO5. The standard InChI is InChI=1S/C71H139NO5/c1-3-5-7-9-11-13-15-17-19-21-27-31-35-39-43-47-51-55-59-63-69(74)68(67-73)72-70(75)64-60-56-52-48-44-40-36-32-29-25-23-24-26-30-34-38-42-46-50-54-58-62-66-77-71(76)65-61-57-53-49-45-41-37-33-28-22-20-18-16-14-12-10-8-6-4-2/h25,29,68-69,73-74H,3-24,26-28,30-67H2,1-2H3,(H,72,75)/b29-25-. The summed E-state index contributed by atoms with van der Waals surface area (Å²) in [4.78, 5) is 24.6. The van der Waals surface area contributed by atoms with E-state index in [4.69, 9.17) is 4.74 Å². The van der Waals surface area contributed by atoms with Gasteiger partial charge in [0.1, 0.15) is 0 Å². The van der Waals surface area contributed by atoms with E-state index >= 15 is 0 Å². The van der Waals surface area contributed by atoms with Crippen LogP contribution in [0.4, 0.5) is 0 Å². The number of nitrogens with one attached hydrogen (secondary N) is 1. The van der Waals surface area contributed by atoms with Crippen molar-refractivity contribution in [1.29, 1.82) is 0 Å². The van der Waals surface area contributed by atoms with Crippen molar-refractivity contribution in [2.24, 2.45) is 0 Å². The lowest BCUT2D eigenvalue weighted by Crippen LogP contribution is -2.45. The Bertz CT molecular complexity index is 1160. The van der Waals surface area contributed by atoms with Crippen LogP contribution in [-0.4, -0.2) is 47.4 Å². The van der Waals surface area contributed by atoms with Gasteiger partial charge in [0.2, 0.25) is 5.91 Å². The van der Waals surface area contributed by atoms with E-state index in [0.29, 0.717) is 25.9 Å². The van der Waals surface area contributed by atoms with Gasteiger partial charge in [0, 0.05) is 12.8 Å². The molecule has 0 aromatic heterocycles. The summed E-state index contributed by atoms with van der Waals surface area (Å²) in [7, 11) is 0. The molecule has 6 nitrogen and oxygen atoms in total. The summed E-state index contributed by atoms with van der Waals surface area (Å²) < 4.78 is 5.51. The van der Waals surface area contributed by atoms with Crippen LogP contribution < -0.4 is 5.32 Å². The second kappa shape index (κ2) is 67.1. The third-order valence-corrected chi connectivity index (χ3v) is 16.8. The summed E-state index contributed by atoms with van der Waals surface area (Å²) in [6.07, 6.45) is 82.5. The molecule has 0 fully saturated rings. The number of allylic oxidation sites excluding steroid dienone is 2. The number of amides is 1. The van der Waals surface area contributed by atoms with Crippen LogP contribution in [0.25, 0.3) is 0 Å². The number of aliphatic hydroxyl groups excluding tert-OH is 2. The van der Waals surface area contributed by atoms with Gasteiger partial charge in [0.15, 0.2) is 0 Å². The maximum Gasteiger partial charge on any atom is 0.305 e. The Labute approximate surface area is 482 Å². The molecule has 0 rings (SSSR count). The highest BCUT2D eigenvalue weighted by Gasteiger charge is 2.20. The van der Waals surface area contributed by atoms with Gasteiger partial charge in [-0.15, -0.1) is 0 Å². The molecule has 0 aromatic rings. The van der Waals surface area contributed by atoms with Crippen molar-refractivity contribution >= 4 is 11.9 Å². The van der Waals surface area contributed by atoms with Crippen LogP contribution in [0.5, 0.6) is 0 Å². The Morgan fingerprint density at radius 3 is 0.922 bits per heavy atom. The fourth-order valence-electron chi connectivity index (χ4n) is 11.4. The minimum atomic E-state index is -0.669. The van der Waals surface area contributed by atoms with E-state index in [1.54, 1.807) is 0 Å². The monoisotopic (exact) mass is 1090 g/mol. The van der Waals surface area contributed by atoms with E-state index in [-0.39, 0.29) is 18.5 Å². The Kier molecular flexibility index (Phi) is 65.9. The first-order chi connectivity index (χ1) is 38.0. The van der Waals surface area contributed by atoms with E-state index < -0.39 is 12.1 Å². The third-order valence-electron chi connectivity index (χ3n) is 16.8. The van der Waals surface area contributed by atoms with Gasteiger partial charge in [-0.2, -0.15) is 0 Å². The molecule has 0 bridgehead atoms. The van der Waals surface area contributed by atoms with Crippen molar-refractivity contribution in [2.75, 3.05) is 13.2 Å². The fourth-order valence-corrected chi connectivity index (χ4v) is 11.4. The van der Waals surface area contributed by atoms with Crippen molar-refractivity contribution in [3.63, 3.8) is 0 Å². The zero-order chi connectivity index (χ0) is 55.7. The van der Waals surface area contributed by atoms with Gasteiger partial charge in [-0.05, 0) is 51.4 Å². The molecule has 6 heteroatoms. The van der Waals surface area contributed by atoms with Gasteiger partial charge in [-0.3, -0.25) is 9.59 Å². The van der Waals surface area contributed by atoms with Gasteiger partial charge < -0.3 is 20.3 Å². The van der Waals surface area contributed by atoms with Crippen LogP contribution in [0.2, 0.25) is 0 Å². The van der Waals surface area contributed by atoms with Crippen molar-refractivity contribution in [3.8, 4) is 0 Å². The number of esters is 1. The zero-order valence-electron chi connectivity index (χ0n) is 52.5. The Hall–Kier alpha value is -1.40. The smallest absolute Gasteiger partial charge is 0.305 e. The van der Waals surface area contributed by atoms with Crippen molar-refractivity contribution < 1.29 is 24.5 Å². The van der Waals surface area contributed by atoms with Crippen LogP contribution in [-0.2, 0) is 14.3 Å². The van der Waals surface area contributed by atoms with Crippen molar-refractivity contribution in [3.05, 3.63) is 12.2 Å². The minimum Gasteiger partial charge on any atom is -0.466 e. The number of carbonyl (C=O) groups excluding carboxylic acids is 2. The van der Waals surface area contributed by atoms with Crippen LogP contribution in [0.15, 0.2) is 12.2 Å². The number of unbranched alkanes of at least 4 members (excludes halogenated alkanes) is 54. The second-order valence-electron chi connectivity index (χ2n) is 24.6. The van der Waals surface area contributed by atoms with E-state index in [0.717, 1.165) is 38.5 Å². The van der Waals surface area contributed by atoms with Gasteiger partial charge in [-0.25, -0.2) is 0 Å². The molecule has 0 aliphatic heterocycles. The summed E-state index contributed by atoms with van der Waals surface area (Å²) in [5, 5.41) is 23.4. The summed E-state index contributed by atoms with van der Waals surface area (Å²) in [6, 6.07) is -0.547. The summed E-state index contributed by atoms with van der Waals surface area (Å²) in [5.41, 5.74) is 0. The molecule has 77 heavy (non-hydrogen) atoms. The third kappa shape index (κ3) is 63.6. The molecule has 2 atom stereocenters. The van der Waals surface area contributed by atoms with E-state index in [1.807, 2.05) is 0 Å². The largest absolute Gasteiger partial charge is 0.466 e. The average molecular weight is 1090 g/mol. The molecule has 0 aromatic carbocycles. The average Bonchev–Trinajstić information content (AvgIpc) is 3.43. The quantitative estimate of drug-likeness (QED) is 0.0320. The SMILES string of the molecule is CCCCCCCCCCCCCCCCCCCCCC(=O)OCCCCCCCCCCCCC/C=C\CCCCCCCCCC(=O)NC(CO)C(O)CCCCCCCCCCCCCCCCCCCCC. The number of hydrogen-bond acceptors (Lipinski definition) is 5. The molecule has 458 valence electrons. The molecule has 0 radical (unpaired) electrons.